The molecule has 0 atom stereocenters. The van der Waals surface area contributed by atoms with Crippen LogP contribution in [0.4, 0.5) is 0 Å². The van der Waals surface area contributed by atoms with Crippen LogP contribution in [0.1, 0.15) is 5.56 Å². The monoisotopic (exact) mass is 215 g/mol. The van der Waals surface area contributed by atoms with E-state index in [-0.39, 0.29) is 0 Å². The fourth-order valence-electron chi connectivity index (χ4n) is 1.45. The van der Waals surface area contributed by atoms with Crippen LogP contribution in [-0.4, -0.2) is 5.21 Å². The van der Waals surface area contributed by atoms with Gasteiger partial charge in [0.25, 0.3) is 0 Å². The van der Waals surface area contributed by atoms with Gasteiger partial charge in [-0.15, -0.1) is 0 Å². The minimum atomic E-state index is 0.364. The number of hydrogen-bond acceptors (Lipinski definition) is 3. The van der Waals surface area contributed by atoms with Crippen molar-refractivity contribution in [3.05, 3.63) is 60.2 Å². The summed E-state index contributed by atoms with van der Waals surface area (Å²) >= 11 is 0. The first-order valence-electron chi connectivity index (χ1n) is 5.08. The minimum absolute atomic E-state index is 0.364. The quantitative estimate of drug-likeness (QED) is 0.770. The van der Waals surface area contributed by atoms with E-state index in [1.54, 1.807) is 0 Å². The molecule has 0 saturated carbocycles. The molecule has 0 unspecified atom stereocenters. The molecule has 82 valence electrons. The van der Waals surface area contributed by atoms with Crippen molar-refractivity contribution in [3.8, 4) is 11.5 Å². The molecule has 0 fully saturated rings. The van der Waals surface area contributed by atoms with Crippen molar-refractivity contribution in [1.82, 2.24) is 5.48 Å². The summed E-state index contributed by atoms with van der Waals surface area (Å²) in [5.74, 6) is 1.53. The second-order valence-electron chi connectivity index (χ2n) is 3.36. The van der Waals surface area contributed by atoms with Crippen molar-refractivity contribution in [2.45, 2.75) is 6.54 Å². The van der Waals surface area contributed by atoms with E-state index in [2.05, 4.69) is 5.48 Å². The molecule has 0 spiro atoms. The van der Waals surface area contributed by atoms with Gasteiger partial charge in [0.2, 0.25) is 0 Å². The number of hydroxylamine groups is 1. The van der Waals surface area contributed by atoms with Gasteiger partial charge < -0.3 is 9.94 Å². The van der Waals surface area contributed by atoms with Crippen molar-refractivity contribution < 1.29 is 9.94 Å². The summed E-state index contributed by atoms with van der Waals surface area (Å²) in [6.45, 7) is 0.364. The van der Waals surface area contributed by atoms with Crippen molar-refractivity contribution in [1.29, 1.82) is 0 Å². The van der Waals surface area contributed by atoms with E-state index in [4.69, 9.17) is 9.94 Å². The van der Waals surface area contributed by atoms with Crippen LogP contribution in [0.25, 0.3) is 0 Å². The molecular weight excluding hydrogens is 202 g/mol. The summed E-state index contributed by atoms with van der Waals surface area (Å²) in [7, 11) is 0. The zero-order chi connectivity index (χ0) is 11.2. The Morgan fingerprint density at radius 2 is 1.62 bits per heavy atom. The maximum absolute atomic E-state index is 8.70. The average molecular weight is 215 g/mol. The summed E-state index contributed by atoms with van der Waals surface area (Å²) < 4.78 is 5.71. The van der Waals surface area contributed by atoms with Crippen LogP contribution in [0.15, 0.2) is 54.6 Å². The second-order valence-corrected chi connectivity index (χ2v) is 3.36. The Labute approximate surface area is 94.3 Å². The van der Waals surface area contributed by atoms with Crippen LogP contribution >= 0.6 is 0 Å². The molecule has 16 heavy (non-hydrogen) atoms. The lowest BCUT2D eigenvalue weighted by atomic mass is 10.2. The third-order valence-electron chi connectivity index (χ3n) is 2.21. The van der Waals surface area contributed by atoms with Gasteiger partial charge in [0.05, 0.1) is 0 Å². The zero-order valence-corrected chi connectivity index (χ0v) is 8.76. The van der Waals surface area contributed by atoms with Gasteiger partial charge in [-0.05, 0) is 18.2 Å². The number of nitrogens with one attached hydrogen (secondary N) is 1. The molecule has 2 aromatic rings. The summed E-state index contributed by atoms with van der Waals surface area (Å²) in [6.07, 6.45) is 0. The van der Waals surface area contributed by atoms with Crippen molar-refractivity contribution in [2.24, 2.45) is 0 Å². The third kappa shape index (κ3) is 2.59. The van der Waals surface area contributed by atoms with E-state index in [1.165, 1.54) is 0 Å². The lowest BCUT2D eigenvalue weighted by Gasteiger charge is -2.10. The van der Waals surface area contributed by atoms with Gasteiger partial charge >= 0.3 is 0 Å². The molecule has 0 aliphatic carbocycles. The maximum atomic E-state index is 8.70. The first-order chi connectivity index (χ1) is 7.90. The molecule has 0 bridgehead atoms. The fraction of sp³-hybridized carbons (Fsp3) is 0.0769. The van der Waals surface area contributed by atoms with Crippen LogP contribution in [0.2, 0.25) is 0 Å². The van der Waals surface area contributed by atoms with Gasteiger partial charge in [-0.2, -0.15) is 0 Å². The highest BCUT2D eigenvalue weighted by atomic mass is 16.5. The highest BCUT2D eigenvalue weighted by molar-refractivity contribution is 5.37. The Morgan fingerprint density at radius 3 is 2.38 bits per heavy atom. The Balaban J connectivity index is 2.21. The summed E-state index contributed by atoms with van der Waals surface area (Å²) in [5.41, 5.74) is 3.04. The SMILES string of the molecule is ONCc1ccccc1Oc1ccccc1. The van der Waals surface area contributed by atoms with Crippen LogP contribution in [0.5, 0.6) is 11.5 Å². The summed E-state index contributed by atoms with van der Waals surface area (Å²) in [4.78, 5) is 0. The largest absolute Gasteiger partial charge is 0.457 e. The molecule has 0 aromatic heterocycles. The van der Waals surface area contributed by atoms with Gasteiger partial charge in [0.1, 0.15) is 11.5 Å². The number of para-hydroxylation sites is 2. The molecule has 0 radical (unpaired) electrons. The van der Waals surface area contributed by atoms with Crippen molar-refractivity contribution in [3.63, 3.8) is 0 Å². The van der Waals surface area contributed by atoms with Crippen LogP contribution in [0, 0.1) is 0 Å². The molecule has 0 aliphatic heterocycles. The van der Waals surface area contributed by atoms with Crippen LogP contribution < -0.4 is 10.2 Å². The lowest BCUT2D eigenvalue weighted by Crippen LogP contribution is -2.07. The highest BCUT2D eigenvalue weighted by Gasteiger charge is 2.02. The molecule has 2 N–H and O–H groups in total. The maximum Gasteiger partial charge on any atom is 0.132 e. The number of rotatable bonds is 4. The van der Waals surface area contributed by atoms with Gasteiger partial charge in [-0.25, -0.2) is 5.48 Å². The molecule has 3 nitrogen and oxygen atoms in total. The topological polar surface area (TPSA) is 41.5 Å². The average Bonchev–Trinajstić information content (AvgIpc) is 2.33. The van der Waals surface area contributed by atoms with E-state index in [0.29, 0.717) is 6.54 Å². The fourth-order valence-corrected chi connectivity index (χ4v) is 1.45. The second kappa shape index (κ2) is 5.30. The Morgan fingerprint density at radius 1 is 0.938 bits per heavy atom. The zero-order valence-electron chi connectivity index (χ0n) is 8.76. The van der Waals surface area contributed by atoms with Gasteiger partial charge in [-0.1, -0.05) is 36.4 Å². The molecule has 0 aliphatic rings. The predicted octanol–water partition coefficient (Wildman–Crippen LogP) is 2.96. The smallest absolute Gasteiger partial charge is 0.132 e. The first kappa shape index (κ1) is 10.7. The molecule has 3 heteroatoms. The van der Waals surface area contributed by atoms with E-state index >= 15 is 0 Å². The molecule has 0 amide bonds. The molecular formula is C13H13NO2. The third-order valence-corrected chi connectivity index (χ3v) is 2.21. The van der Waals surface area contributed by atoms with Crippen LogP contribution in [-0.2, 0) is 6.54 Å². The number of benzene rings is 2. The normalized spacial score (nSPS) is 10.1. The first-order valence-corrected chi connectivity index (χ1v) is 5.08. The van der Waals surface area contributed by atoms with E-state index < -0.39 is 0 Å². The van der Waals surface area contributed by atoms with Crippen LogP contribution in [0.3, 0.4) is 0 Å². The van der Waals surface area contributed by atoms with E-state index in [9.17, 15) is 0 Å². The van der Waals surface area contributed by atoms with E-state index in [0.717, 1.165) is 17.1 Å². The minimum Gasteiger partial charge on any atom is -0.457 e. The molecule has 2 rings (SSSR count). The highest BCUT2D eigenvalue weighted by Crippen LogP contribution is 2.24. The number of hydrogen-bond donors (Lipinski definition) is 2. The van der Waals surface area contributed by atoms with Crippen molar-refractivity contribution in [2.75, 3.05) is 0 Å². The van der Waals surface area contributed by atoms with E-state index in [1.807, 2.05) is 54.6 Å². The summed E-state index contributed by atoms with van der Waals surface area (Å²) in [6, 6.07) is 17.1. The Hall–Kier alpha value is -1.84. The van der Waals surface area contributed by atoms with Gasteiger partial charge in [0.15, 0.2) is 0 Å². The predicted molar refractivity (Wildman–Crippen MR) is 61.6 cm³/mol. The summed E-state index contributed by atoms with van der Waals surface area (Å²) in [5, 5.41) is 8.70. The Bertz CT molecular complexity index is 443. The molecule has 0 saturated heterocycles. The molecule has 0 heterocycles. The number of ether oxygens (including phenoxy) is 1. The standard InChI is InChI=1S/C13H13NO2/c15-14-10-11-6-4-5-9-13(11)16-12-7-2-1-3-8-12/h1-9,14-15H,10H2. The Kier molecular flexibility index (Phi) is 3.53. The molecule has 2 aromatic carbocycles. The van der Waals surface area contributed by atoms with Crippen molar-refractivity contribution >= 4 is 0 Å². The lowest BCUT2D eigenvalue weighted by molar-refractivity contribution is 0.160. The van der Waals surface area contributed by atoms with Gasteiger partial charge in [0, 0.05) is 12.1 Å². The van der Waals surface area contributed by atoms with Gasteiger partial charge in [-0.3, -0.25) is 0 Å².